The molecule has 0 aliphatic carbocycles. The van der Waals surface area contributed by atoms with Crippen LogP contribution in [0.3, 0.4) is 0 Å². The summed E-state index contributed by atoms with van der Waals surface area (Å²) in [7, 11) is 0. The van der Waals surface area contributed by atoms with E-state index in [0.29, 0.717) is 25.0 Å². The lowest BCUT2D eigenvalue weighted by Crippen LogP contribution is -2.09. The van der Waals surface area contributed by atoms with Gasteiger partial charge in [-0.05, 0) is 25.0 Å². The lowest BCUT2D eigenvalue weighted by Gasteiger charge is -2.02. The van der Waals surface area contributed by atoms with Crippen LogP contribution >= 0.6 is 0 Å². The molecule has 0 spiro atoms. The van der Waals surface area contributed by atoms with Crippen LogP contribution in [0.2, 0.25) is 0 Å². The second kappa shape index (κ2) is 8.44. The predicted octanol–water partition coefficient (Wildman–Crippen LogP) is 1.67. The number of carbonyl (C=O) groups is 1. The molecular formula is C14H18O4. The topological polar surface area (TPSA) is 66.8 Å². The third-order valence-electron chi connectivity index (χ3n) is 2.28. The number of carbonyl (C=O) groups excluding carboxylic acids is 1. The molecule has 1 atom stereocenters. The molecule has 18 heavy (non-hydrogen) atoms. The molecule has 0 fully saturated rings. The van der Waals surface area contributed by atoms with Gasteiger partial charge in [0.1, 0.15) is 5.75 Å². The molecule has 1 aromatic carbocycles. The molecule has 2 N–H and O–H groups in total. The minimum atomic E-state index is -0.725. The van der Waals surface area contributed by atoms with Gasteiger partial charge in [0.25, 0.3) is 0 Å². The van der Waals surface area contributed by atoms with Crippen molar-refractivity contribution in [1.82, 2.24) is 0 Å². The summed E-state index contributed by atoms with van der Waals surface area (Å²) in [5.41, 5.74) is 0. The Labute approximate surface area is 107 Å². The maximum Gasteiger partial charge on any atom is 0.311 e. The normalized spacial score (nSPS) is 12.6. The molecule has 0 aromatic heterocycles. The van der Waals surface area contributed by atoms with E-state index in [9.17, 15) is 4.79 Å². The first-order chi connectivity index (χ1) is 8.72. The standard InChI is InChI=1S/C14H18O4/c15-11-12(16)7-3-1-6-10-14(17)18-13-8-4-2-5-9-13/h1-5,8-9,12,15-16H,6-7,10-11H2/b3-1+. The molecule has 0 saturated heterocycles. The number of esters is 1. The summed E-state index contributed by atoms with van der Waals surface area (Å²) < 4.78 is 5.10. The van der Waals surface area contributed by atoms with E-state index in [0.717, 1.165) is 0 Å². The first kappa shape index (κ1) is 14.4. The minimum Gasteiger partial charge on any atom is -0.427 e. The van der Waals surface area contributed by atoms with Crippen LogP contribution in [0.25, 0.3) is 0 Å². The number of rotatable bonds is 7. The highest BCUT2D eigenvalue weighted by molar-refractivity contribution is 5.72. The van der Waals surface area contributed by atoms with Crippen LogP contribution in [-0.2, 0) is 4.79 Å². The molecule has 0 aliphatic heterocycles. The van der Waals surface area contributed by atoms with Gasteiger partial charge < -0.3 is 14.9 Å². The zero-order valence-corrected chi connectivity index (χ0v) is 10.2. The molecule has 1 aromatic rings. The zero-order valence-electron chi connectivity index (χ0n) is 10.2. The molecule has 0 saturated carbocycles. The Morgan fingerprint density at radius 3 is 2.67 bits per heavy atom. The SMILES string of the molecule is O=C(CC/C=C/CC(O)CO)Oc1ccccc1. The number of aliphatic hydroxyl groups is 2. The summed E-state index contributed by atoms with van der Waals surface area (Å²) >= 11 is 0. The van der Waals surface area contributed by atoms with E-state index in [1.54, 1.807) is 36.4 Å². The van der Waals surface area contributed by atoms with Crippen LogP contribution in [0.4, 0.5) is 0 Å². The Balaban J connectivity index is 2.18. The number of hydrogen-bond donors (Lipinski definition) is 2. The molecule has 0 bridgehead atoms. The Hall–Kier alpha value is -1.65. The van der Waals surface area contributed by atoms with Gasteiger partial charge in [0, 0.05) is 6.42 Å². The molecule has 0 aliphatic rings. The molecule has 0 heterocycles. The maximum absolute atomic E-state index is 11.4. The van der Waals surface area contributed by atoms with Crippen molar-refractivity contribution in [3.05, 3.63) is 42.5 Å². The van der Waals surface area contributed by atoms with E-state index in [1.807, 2.05) is 6.07 Å². The number of ether oxygens (including phenoxy) is 1. The van der Waals surface area contributed by atoms with Gasteiger partial charge in [0.15, 0.2) is 0 Å². The van der Waals surface area contributed by atoms with Gasteiger partial charge in [0.05, 0.1) is 12.7 Å². The van der Waals surface area contributed by atoms with Gasteiger partial charge in [-0.3, -0.25) is 4.79 Å². The fourth-order valence-corrected chi connectivity index (χ4v) is 1.32. The second-order valence-corrected chi connectivity index (χ2v) is 3.87. The Morgan fingerprint density at radius 2 is 2.00 bits per heavy atom. The first-order valence-corrected chi connectivity index (χ1v) is 5.92. The summed E-state index contributed by atoms with van der Waals surface area (Å²) in [5, 5.41) is 17.7. The second-order valence-electron chi connectivity index (χ2n) is 3.87. The molecule has 0 radical (unpaired) electrons. The summed E-state index contributed by atoms with van der Waals surface area (Å²) in [5.74, 6) is 0.260. The van der Waals surface area contributed by atoms with Gasteiger partial charge in [-0.25, -0.2) is 0 Å². The number of allylic oxidation sites excluding steroid dienone is 1. The lowest BCUT2D eigenvalue weighted by atomic mass is 10.2. The summed E-state index contributed by atoms with van der Waals surface area (Å²) in [6, 6.07) is 8.92. The van der Waals surface area contributed by atoms with Gasteiger partial charge in [-0.1, -0.05) is 30.4 Å². The van der Waals surface area contributed by atoms with Crippen LogP contribution in [0.15, 0.2) is 42.5 Å². The Morgan fingerprint density at radius 1 is 1.28 bits per heavy atom. The molecule has 1 unspecified atom stereocenters. The average Bonchev–Trinajstić information content (AvgIpc) is 2.39. The third kappa shape index (κ3) is 6.18. The van der Waals surface area contributed by atoms with E-state index in [4.69, 9.17) is 14.9 Å². The highest BCUT2D eigenvalue weighted by atomic mass is 16.5. The maximum atomic E-state index is 11.4. The van der Waals surface area contributed by atoms with E-state index in [-0.39, 0.29) is 12.6 Å². The Bertz CT molecular complexity index is 373. The van der Waals surface area contributed by atoms with Crippen molar-refractivity contribution in [2.75, 3.05) is 6.61 Å². The zero-order chi connectivity index (χ0) is 13.2. The monoisotopic (exact) mass is 250 g/mol. The van der Waals surface area contributed by atoms with E-state index in [2.05, 4.69) is 0 Å². The van der Waals surface area contributed by atoms with Crippen molar-refractivity contribution in [1.29, 1.82) is 0 Å². The predicted molar refractivity (Wildman–Crippen MR) is 68.2 cm³/mol. The van der Waals surface area contributed by atoms with Crippen molar-refractivity contribution < 1.29 is 19.7 Å². The fourth-order valence-electron chi connectivity index (χ4n) is 1.32. The minimum absolute atomic E-state index is 0.250. The molecule has 1 rings (SSSR count). The summed E-state index contributed by atoms with van der Waals surface area (Å²) in [6.07, 6.45) is 4.06. The van der Waals surface area contributed by atoms with Crippen LogP contribution < -0.4 is 4.74 Å². The van der Waals surface area contributed by atoms with Crippen LogP contribution in [0, 0.1) is 0 Å². The number of aliphatic hydroxyl groups excluding tert-OH is 2. The van der Waals surface area contributed by atoms with E-state index in [1.165, 1.54) is 0 Å². The van der Waals surface area contributed by atoms with Gasteiger partial charge in [-0.15, -0.1) is 0 Å². The van der Waals surface area contributed by atoms with Gasteiger partial charge in [0.2, 0.25) is 0 Å². The van der Waals surface area contributed by atoms with Gasteiger partial charge >= 0.3 is 5.97 Å². The van der Waals surface area contributed by atoms with E-state index >= 15 is 0 Å². The van der Waals surface area contributed by atoms with Crippen molar-refractivity contribution in [2.45, 2.75) is 25.4 Å². The summed E-state index contributed by atoms with van der Waals surface area (Å²) in [6.45, 7) is -0.250. The highest BCUT2D eigenvalue weighted by Gasteiger charge is 2.02. The van der Waals surface area contributed by atoms with Crippen molar-refractivity contribution in [3.63, 3.8) is 0 Å². The Kier molecular flexibility index (Phi) is 6.76. The van der Waals surface area contributed by atoms with E-state index < -0.39 is 6.10 Å². The molecule has 4 heteroatoms. The quantitative estimate of drug-likeness (QED) is 0.439. The fraction of sp³-hybridized carbons (Fsp3) is 0.357. The number of hydrogen-bond acceptors (Lipinski definition) is 4. The highest BCUT2D eigenvalue weighted by Crippen LogP contribution is 2.09. The number of para-hydroxylation sites is 1. The van der Waals surface area contributed by atoms with Crippen LogP contribution in [0.1, 0.15) is 19.3 Å². The average molecular weight is 250 g/mol. The largest absolute Gasteiger partial charge is 0.427 e. The smallest absolute Gasteiger partial charge is 0.311 e. The molecule has 98 valence electrons. The number of benzene rings is 1. The molecular weight excluding hydrogens is 232 g/mol. The van der Waals surface area contributed by atoms with Crippen molar-refractivity contribution >= 4 is 5.97 Å². The molecule has 4 nitrogen and oxygen atoms in total. The lowest BCUT2D eigenvalue weighted by molar-refractivity contribution is -0.134. The van der Waals surface area contributed by atoms with Crippen molar-refractivity contribution in [2.24, 2.45) is 0 Å². The van der Waals surface area contributed by atoms with Crippen molar-refractivity contribution in [3.8, 4) is 5.75 Å². The van der Waals surface area contributed by atoms with Gasteiger partial charge in [-0.2, -0.15) is 0 Å². The molecule has 0 amide bonds. The summed E-state index contributed by atoms with van der Waals surface area (Å²) in [4.78, 5) is 11.4. The third-order valence-corrected chi connectivity index (χ3v) is 2.28. The first-order valence-electron chi connectivity index (χ1n) is 5.92. The van der Waals surface area contributed by atoms with Crippen LogP contribution in [0.5, 0.6) is 5.75 Å². The van der Waals surface area contributed by atoms with Crippen LogP contribution in [-0.4, -0.2) is 28.9 Å².